The predicted molar refractivity (Wildman–Crippen MR) is 51.1 cm³/mol. The number of thioether (sulfide) groups is 1. The Morgan fingerprint density at radius 1 is 1.50 bits per heavy atom. The minimum atomic E-state index is 1.21. The Bertz CT molecular complexity index is 94.9. The average Bonchev–Trinajstić information content (AvgIpc) is 1.98. The fourth-order valence-electron chi connectivity index (χ4n) is 0.752. The van der Waals surface area contributed by atoms with Crippen LogP contribution in [0, 0.1) is 6.26 Å². The van der Waals surface area contributed by atoms with Crippen molar-refractivity contribution in [3.63, 3.8) is 0 Å². The van der Waals surface area contributed by atoms with Crippen LogP contribution in [0.2, 0.25) is 0 Å². The molecule has 59 valence electrons. The first-order valence-corrected chi connectivity index (χ1v) is 4.95. The molecule has 0 nitrogen and oxygen atoms in total. The molecule has 0 N–H and O–H groups in total. The van der Waals surface area contributed by atoms with E-state index < -0.39 is 0 Å². The first-order chi connectivity index (χ1) is 4.81. The maximum Gasteiger partial charge on any atom is 0.00235 e. The normalized spacial score (nSPS) is 12.1. The molecule has 1 heteroatoms. The summed E-state index contributed by atoms with van der Waals surface area (Å²) in [6.45, 7) is 4.29. The second kappa shape index (κ2) is 7.20. The van der Waals surface area contributed by atoms with Crippen LogP contribution in [0.4, 0.5) is 0 Å². The van der Waals surface area contributed by atoms with E-state index in [1.54, 1.807) is 11.8 Å². The van der Waals surface area contributed by atoms with Gasteiger partial charge >= 0.3 is 0 Å². The fourth-order valence-corrected chi connectivity index (χ4v) is 1.16. The lowest BCUT2D eigenvalue weighted by molar-refractivity contribution is 0.794. The van der Waals surface area contributed by atoms with E-state index in [1.807, 2.05) is 0 Å². The van der Waals surface area contributed by atoms with Crippen molar-refractivity contribution >= 4 is 11.8 Å². The van der Waals surface area contributed by atoms with Gasteiger partial charge in [0.05, 0.1) is 0 Å². The molecule has 10 heavy (non-hydrogen) atoms. The summed E-state index contributed by atoms with van der Waals surface area (Å²) in [5.74, 6) is 1.21. The third kappa shape index (κ3) is 6.21. The smallest absolute Gasteiger partial charge is 0.00235 e. The number of hydrogen-bond donors (Lipinski definition) is 0. The van der Waals surface area contributed by atoms with E-state index in [-0.39, 0.29) is 0 Å². The highest BCUT2D eigenvalue weighted by Crippen LogP contribution is 2.08. The molecule has 0 atom stereocenters. The lowest BCUT2D eigenvalue weighted by Gasteiger charge is -1.98. The van der Waals surface area contributed by atoms with Crippen molar-refractivity contribution < 1.29 is 0 Å². The number of allylic oxidation sites excluding steroid dienone is 2. The summed E-state index contributed by atoms with van der Waals surface area (Å²) >= 11 is 1.69. The van der Waals surface area contributed by atoms with Gasteiger partial charge in [-0.2, -0.15) is 11.8 Å². The topological polar surface area (TPSA) is 0 Å². The summed E-state index contributed by atoms with van der Waals surface area (Å²) in [7, 11) is 0. The van der Waals surface area contributed by atoms with Crippen LogP contribution >= 0.6 is 11.8 Å². The molecule has 0 aliphatic heterocycles. The fraction of sp³-hybridized carbons (Fsp3) is 0.667. The summed E-state index contributed by atoms with van der Waals surface area (Å²) in [6, 6.07) is 0. The summed E-state index contributed by atoms with van der Waals surface area (Å²) in [5, 5.41) is 0. The number of unbranched alkanes of at least 4 members (excludes halogenated alkanes) is 1. The molecule has 0 aliphatic carbocycles. The van der Waals surface area contributed by atoms with E-state index in [2.05, 4.69) is 26.2 Å². The maximum absolute atomic E-state index is 3.72. The average molecular weight is 157 g/mol. The van der Waals surface area contributed by atoms with Gasteiger partial charge in [-0.05, 0) is 38.9 Å². The van der Waals surface area contributed by atoms with Crippen molar-refractivity contribution in [3.05, 3.63) is 17.9 Å². The van der Waals surface area contributed by atoms with Gasteiger partial charge in [-0.1, -0.05) is 11.6 Å². The van der Waals surface area contributed by atoms with E-state index in [4.69, 9.17) is 0 Å². The Hall–Kier alpha value is 0.0900. The molecular weight excluding hydrogens is 140 g/mol. The first-order valence-electron chi connectivity index (χ1n) is 3.80. The molecule has 1 radical (unpaired) electrons. The Morgan fingerprint density at radius 3 is 2.70 bits per heavy atom. The SMILES string of the molecule is [CH2]SCCCC/C(C)=C/C. The van der Waals surface area contributed by atoms with Gasteiger partial charge in [0, 0.05) is 6.26 Å². The van der Waals surface area contributed by atoms with Gasteiger partial charge in [0.1, 0.15) is 0 Å². The highest BCUT2D eigenvalue weighted by Gasteiger charge is 1.88. The summed E-state index contributed by atoms with van der Waals surface area (Å²) < 4.78 is 0. The van der Waals surface area contributed by atoms with Crippen molar-refractivity contribution in [2.24, 2.45) is 0 Å². The summed E-state index contributed by atoms with van der Waals surface area (Å²) in [6.07, 6.45) is 9.80. The van der Waals surface area contributed by atoms with Crippen molar-refractivity contribution in [1.29, 1.82) is 0 Å². The summed E-state index contributed by atoms with van der Waals surface area (Å²) in [5.41, 5.74) is 1.51. The summed E-state index contributed by atoms with van der Waals surface area (Å²) in [4.78, 5) is 0. The van der Waals surface area contributed by atoms with Crippen LogP contribution in [0.15, 0.2) is 11.6 Å². The largest absolute Gasteiger partial charge is 0.161 e. The van der Waals surface area contributed by atoms with Gasteiger partial charge in [-0.25, -0.2) is 0 Å². The standard InChI is InChI=1S/C9H17S/c1-4-9(2)7-5-6-8-10-3/h4H,3,5-8H2,1-2H3/b9-4+. The van der Waals surface area contributed by atoms with E-state index in [9.17, 15) is 0 Å². The first kappa shape index (κ1) is 10.1. The third-order valence-electron chi connectivity index (χ3n) is 1.60. The Kier molecular flexibility index (Phi) is 7.26. The van der Waals surface area contributed by atoms with Crippen molar-refractivity contribution in [2.75, 3.05) is 5.75 Å². The molecule has 0 amide bonds. The molecule has 0 aromatic carbocycles. The quantitative estimate of drug-likeness (QED) is 0.433. The Labute approximate surface area is 69.1 Å². The molecule has 0 unspecified atom stereocenters. The van der Waals surface area contributed by atoms with Crippen LogP contribution in [0.3, 0.4) is 0 Å². The second-order valence-electron chi connectivity index (χ2n) is 2.50. The van der Waals surface area contributed by atoms with E-state index in [0.717, 1.165) is 0 Å². The van der Waals surface area contributed by atoms with Gasteiger partial charge in [0.15, 0.2) is 0 Å². The Morgan fingerprint density at radius 2 is 2.20 bits per heavy atom. The highest BCUT2D eigenvalue weighted by atomic mass is 32.2. The molecule has 0 bridgehead atoms. The van der Waals surface area contributed by atoms with E-state index in [0.29, 0.717) is 0 Å². The van der Waals surface area contributed by atoms with Gasteiger partial charge in [-0.15, -0.1) is 0 Å². The molecule has 0 saturated carbocycles. The van der Waals surface area contributed by atoms with Gasteiger partial charge in [0.25, 0.3) is 0 Å². The van der Waals surface area contributed by atoms with Crippen LogP contribution in [0.5, 0.6) is 0 Å². The zero-order valence-electron chi connectivity index (χ0n) is 7.02. The molecular formula is C9H17S. The molecule has 0 heterocycles. The zero-order chi connectivity index (χ0) is 7.82. The van der Waals surface area contributed by atoms with Gasteiger partial charge in [0.2, 0.25) is 0 Å². The minimum Gasteiger partial charge on any atom is -0.161 e. The monoisotopic (exact) mass is 157 g/mol. The molecule has 0 saturated heterocycles. The molecule has 0 aliphatic rings. The lowest BCUT2D eigenvalue weighted by atomic mass is 10.1. The number of rotatable bonds is 5. The predicted octanol–water partition coefficient (Wildman–Crippen LogP) is 3.65. The molecule has 0 spiro atoms. The van der Waals surface area contributed by atoms with Crippen LogP contribution in [0.1, 0.15) is 33.1 Å². The third-order valence-corrected chi connectivity index (χ3v) is 2.18. The Balaban J connectivity index is 3.04. The molecule has 0 rings (SSSR count). The van der Waals surface area contributed by atoms with Gasteiger partial charge < -0.3 is 0 Å². The van der Waals surface area contributed by atoms with Crippen molar-refractivity contribution in [3.8, 4) is 0 Å². The number of hydrogen-bond acceptors (Lipinski definition) is 1. The van der Waals surface area contributed by atoms with Crippen LogP contribution in [0.25, 0.3) is 0 Å². The second-order valence-corrected chi connectivity index (χ2v) is 3.32. The van der Waals surface area contributed by atoms with Crippen LogP contribution < -0.4 is 0 Å². The van der Waals surface area contributed by atoms with Crippen LogP contribution in [-0.4, -0.2) is 5.75 Å². The van der Waals surface area contributed by atoms with E-state index in [1.165, 1.54) is 30.6 Å². The van der Waals surface area contributed by atoms with E-state index >= 15 is 0 Å². The minimum absolute atomic E-state index is 1.21. The van der Waals surface area contributed by atoms with Crippen molar-refractivity contribution in [1.82, 2.24) is 0 Å². The molecule has 0 fully saturated rings. The van der Waals surface area contributed by atoms with Crippen LogP contribution in [-0.2, 0) is 0 Å². The lowest BCUT2D eigenvalue weighted by Crippen LogP contribution is -1.80. The zero-order valence-corrected chi connectivity index (χ0v) is 7.84. The highest BCUT2D eigenvalue weighted by molar-refractivity contribution is 8.00. The van der Waals surface area contributed by atoms with Gasteiger partial charge in [-0.3, -0.25) is 0 Å². The molecule has 0 aromatic heterocycles. The van der Waals surface area contributed by atoms with Crippen molar-refractivity contribution in [2.45, 2.75) is 33.1 Å². The maximum atomic E-state index is 3.72. The molecule has 0 aromatic rings.